The Bertz CT molecular complexity index is 949. The predicted molar refractivity (Wildman–Crippen MR) is 88.4 cm³/mol. The van der Waals surface area contributed by atoms with Gasteiger partial charge in [-0.15, -0.1) is 0 Å². The quantitative estimate of drug-likeness (QED) is 0.646. The molecule has 3 amide bonds. The Morgan fingerprint density at radius 3 is 2.38 bits per heavy atom. The number of imide groups is 1. The second-order valence-electron chi connectivity index (χ2n) is 5.85. The van der Waals surface area contributed by atoms with Gasteiger partial charge in [0.05, 0.1) is 6.54 Å². The van der Waals surface area contributed by atoms with E-state index in [0.29, 0.717) is 10.9 Å². The van der Waals surface area contributed by atoms with Crippen LogP contribution in [0, 0.1) is 0 Å². The van der Waals surface area contributed by atoms with Gasteiger partial charge >= 0.3 is 6.03 Å². The van der Waals surface area contributed by atoms with Crippen LogP contribution < -0.4 is 10.6 Å². The van der Waals surface area contributed by atoms with Crippen molar-refractivity contribution >= 4 is 22.7 Å². The number of nitrogens with one attached hydrogen (secondary N) is 2. The van der Waals surface area contributed by atoms with Crippen LogP contribution in [0.1, 0.15) is 5.56 Å². The van der Waals surface area contributed by atoms with E-state index in [1.807, 2.05) is 30.3 Å². The highest BCUT2D eigenvalue weighted by molar-refractivity contribution is 6.07. The van der Waals surface area contributed by atoms with E-state index in [2.05, 4.69) is 10.6 Å². The zero-order valence-electron chi connectivity index (χ0n) is 12.7. The molecule has 0 spiro atoms. The molecule has 0 bridgehead atoms. The van der Waals surface area contributed by atoms with Crippen LogP contribution in [0.5, 0.6) is 5.88 Å². The minimum absolute atomic E-state index is 0.0647. The van der Waals surface area contributed by atoms with Gasteiger partial charge < -0.3 is 15.0 Å². The van der Waals surface area contributed by atoms with Gasteiger partial charge in [0.25, 0.3) is 5.91 Å². The maximum Gasteiger partial charge on any atom is 0.322 e. The van der Waals surface area contributed by atoms with Gasteiger partial charge in [-0.05, 0) is 11.6 Å². The largest absolute Gasteiger partial charge is 0.494 e. The molecular formula is C18H15N3O3. The van der Waals surface area contributed by atoms with Crippen molar-refractivity contribution < 1.29 is 14.7 Å². The summed E-state index contributed by atoms with van der Waals surface area (Å²) in [6.45, 7) is 0.0924. The van der Waals surface area contributed by atoms with Crippen LogP contribution in [0.2, 0.25) is 0 Å². The van der Waals surface area contributed by atoms with Crippen molar-refractivity contribution in [2.24, 2.45) is 0 Å². The number of carbonyl (C=O) groups is 2. The third-order valence-electron chi connectivity index (χ3n) is 4.38. The van der Waals surface area contributed by atoms with Crippen molar-refractivity contribution in [3.8, 4) is 5.88 Å². The highest BCUT2D eigenvalue weighted by Gasteiger charge is 2.48. The van der Waals surface area contributed by atoms with Crippen LogP contribution >= 0.6 is 0 Å². The number of urea groups is 1. The lowest BCUT2D eigenvalue weighted by Crippen LogP contribution is -2.47. The molecule has 1 aliphatic heterocycles. The average molecular weight is 321 g/mol. The summed E-state index contributed by atoms with van der Waals surface area (Å²) in [5.74, 6) is -0.370. The molecule has 1 atom stereocenters. The number of rotatable bonds is 3. The van der Waals surface area contributed by atoms with E-state index < -0.39 is 17.5 Å². The number of nitrogens with zero attached hydrogens (tertiary/aromatic N) is 1. The van der Waals surface area contributed by atoms with Crippen molar-refractivity contribution in [1.82, 2.24) is 15.2 Å². The van der Waals surface area contributed by atoms with Crippen LogP contribution in [0.3, 0.4) is 0 Å². The van der Waals surface area contributed by atoms with Gasteiger partial charge in [-0.1, -0.05) is 48.5 Å². The maximum absolute atomic E-state index is 12.5. The number of aromatic nitrogens is 1. The van der Waals surface area contributed by atoms with Gasteiger partial charge in [0.1, 0.15) is 0 Å². The molecule has 2 aromatic carbocycles. The number of hydrogen-bond donors (Lipinski definition) is 3. The van der Waals surface area contributed by atoms with Crippen molar-refractivity contribution in [3.05, 3.63) is 66.4 Å². The highest BCUT2D eigenvalue weighted by Crippen LogP contribution is 2.32. The number of benzene rings is 2. The standard InChI is InChI=1S/C18H15N3O3/c22-15-14-9-5-4-6-12(14)10-21(15)11-18(13-7-2-1-3-8-13)16(23)19-17(24)20-18/h1-10,22H,11H2,(H2,19,20,23,24)/t18-/m0/s1. The molecular weight excluding hydrogens is 306 g/mol. The minimum Gasteiger partial charge on any atom is -0.494 e. The highest BCUT2D eigenvalue weighted by atomic mass is 16.3. The normalized spacial score (nSPS) is 20.2. The van der Waals surface area contributed by atoms with Crippen LogP contribution in [0.4, 0.5) is 4.79 Å². The fourth-order valence-corrected chi connectivity index (χ4v) is 3.19. The van der Waals surface area contributed by atoms with Crippen molar-refractivity contribution in [1.29, 1.82) is 0 Å². The topological polar surface area (TPSA) is 83.4 Å². The molecule has 24 heavy (non-hydrogen) atoms. The number of carbonyl (C=O) groups excluding carboxylic acids is 2. The van der Waals surface area contributed by atoms with Crippen molar-refractivity contribution in [2.75, 3.05) is 0 Å². The average Bonchev–Trinajstić information content (AvgIpc) is 3.06. The summed E-state index contributed by atoms with van der Waals surface area (Å²) in [4.78, 5) is 24.3. The molecule has 3 N–H and O–H groups in total. The number of hydrogen-bond acceptors (Lipinski definition) is 3. The number of amides is 3. The summed E-state index contributed by atoms with van der Waals surface area (Å²) >= 11 is 0. The SMILES string of the molecule is O=C1NC(=O)[C@](Cn2cc3ccccc3c2O)(c2ccccc2)N1. The molecule has 6 nitrogen and oxygen atoms in total. The monoisotopic (exact) mass is 321 g/mol. The van der Waals surface area contributed by atoms with Crippen LogP contribution in [-0.2, 0) is 16.9 Å². The molecule has 4 rings (SSSR count). The molecule has 120 valence electrons. The summed E-state index contributed by atoms with van der Waals surface area (Å²) in [7, 11) is 0. The lowest BCUT2D eigenvalue weighted by atomic mass is 9.90. The Kier molecular flexibility index (Phi) is 3.06. The Labute approximate surface area is 137 Å². The molecule has 2 heterocycles. The van der Waals surface area contributed by atoms with Gasteiger partial charge in [-0.3, -0.25) is 10.1 Å². The first-order valence-electron chi connectivity index (χ1n) is 7.56. The van der Waals surface area contributed by atoms with E-state index >= 15 is 0 Å². The number of aromatic hydroxyl groups is 1. The second-order valence-corrected chi connectivity index (χ2v) is 5.85. The van der Waals surface area contributed by atoms with Crippen molar-refractivity contribution in [3.63, 3.8) is 0 Å². The molecule has 3 aromatic rings. The van der Waals surface area contributed by atoms with E-state index in [4.69, 9.17) is 0 Å². The Balaban J connectivity index is 1.84. The fourth-order valence-electron chi connectivity index (χ4n) is 3.19. The molecule has 0 unspecified atom stereocenters. The Hall–Kier alpha value is -3.28. The fraction of sp³-hybridized carbons (Fsp3) is 0.111. The first-order valence-corrected chi connectivity index (χ1v) is 7.56. The minimum atomic E-state index is -1.26. The first-order chi connectivity index (χ1) is 11.6. The third kappa shape index (κ3) is 2.04. The third-order valence-corrected chi connectivity index (χ3v) is 4.38. The van der Waals surface area contributed by atoms with Crippen molar-refractivity contribution in [2.45, 2.75) is 12.1 Å². The maximum atomic E-state index is 12.5. The smallest absolute Gasteiger partial charge is 0.322 e. The molecule has 1 saturated heterocycles. The molecule has 0 radical (unpaired) electrons. The molecule has 0 aliphatic carbocycles. The van der Waals surface area contributed by atoms with Gasteiger partial charge in [-0.25, -0.2) is 4.79 Å². The summed E-state index contributed by atoms with van der Waals surface area (Å²) in [6, 6.07) is 15.9. The van der Waals surface area contributed by atoms with Gasteiger partial charge in [0, 0.05) is 17.0 Å². The lowest BCUT2D eigenvalue weighted by molar-refractivity contribution is -0.124. The van der Waals surface area contributed by atoms with E-state index in [0.717, 1.165) is 5.39 Å². The van der Waals surface area contributed by atoms with E-state index in [9.17, 15) is 14.7 Å². The van der Waals surface area contributed by atoms with Crippen LogP contribution in [0.15, 0.2) is 60.8 Å². The number of fused-ring (bicyclic) bond motifs is 1. The summed E-state index contributed by atoms with van der Waals surface area (Å²) in [6.07, 6.45) is 1.77. The summed E-state index contributed by atoms with van der Waals surface area (Å²) in [5, 5.41) is 17.1. The summed E-state index contributed by atoms with van der Waals surface area (Å²) < 4.78 is 1.59. The predicted octanol–water partition coefficient (Wildman–Crippen LogP) is 2.08. The van der Waals surface area contributed by atoms with E-state index in [1.54, 1.807) is 35.0 Å². The first kappa shape index (κ1) is 14.3. The van der Waals surface area contributed by atoms with Crippen LogP contribution in [-0.4, -0.2) is 21.6 Å². The molecule has 1 aromatic heterocycles. The van der Waals surface area contributed by atoms with Gasteiger partial charge in [0.2, 0.25) is 0 Å². The zero-order valence-corrected chi connectivity index (χ0v) is 12.7. The molecule has 0 saturated carbocycles. The molecule has 1 aliphatic rings. The summed E-state index contributed by atoms with van der Waals surface area (Å²) in [5.41, 5.74) is -0.601. The lowest BCUT2D eigenvalue weighted by Gasteiger charge is -2.27. The molecule has 1 fully saturated rings. The van der Waals surface area contributed by atoms with Gasteiger partial charge in [-0.2, -0.15) is 0 Å². The van der Waals surface area contributed by atoms with Gasteiger partial charge in [0.15, 0.2) is 11.4 Å². The zero-order chi connectivity index (χ0) is 16.7. The Morgan fingerprint density at radius 1 is 1.00 bits per heavy atom. The van der Waals surface area contributed by atoms with E-state index in [-0.39, 0.29) is 12.4 Å². The van der Waals surface area contributed by atoms with E-state index in [1.165, 1.54) is 0 Å². The molecule has 6 heteroatoms. The Morgan fingerprint density at radius 2 is 1.71 bits per heavy atom. The van der Waals surface area contributed by atoms with Crippen LogP contribution in [0.25, 0.3) is 10.8 Å². The second kappa shape index (κ2) is 5.13.